The number of nitrogens with one attached hydrogen (secondary N) is 10. The number of nitrogens with two attached hydrogens (primary N) is 5. The molecule has 0 bridgehead atoms. The SMILES string of the molecule is CNCC(NC(=O)CC(O)CC(O)C(CO)NC(=O)C(NC(=O)C(CNC)NC(=O)C(C)NC(=O)C(O)C(O)CC(O)CCCCN)C(N)CCCN=C(N)N)C(=O)NCC(=O)NCCCNCCCCN. The monoisotopic (exact) mass is 1040 g/mol. The summed E-state index contributed by atoms with van der Waals surface area (Å²) in [7, 11) is 2.99. The molecule has 0 rings (SSSR count). The summed E-state index contributed by atoms with van der Waals surface area (Å²) in [5, 5.41) is 88.7. The molecular weight excluding hydrogens is 949 g/mol. The molecule has 0 saturated heterocycles. The van der Waals surface area contributed by atoms with Crippen molar-refractivity contribution in [1.82, 2.24) is 53.2 Å². The predicted octanol–water partition coefficient (Wildman–Crippen LogP) is -9.70. The minimum Gasteiger partial charge on any atom is -0.394 e. The topological polar surface area (TPSA) is 504 Å². The van der Waals surface area contributed by atoms with Gasteiger partial charge in [0.1, 0.15) is 24.2 Å². The summed E-state index contributed by atoms with van der Waals surface area (Å²) >= 11 is 0. The van der Waals surface area contributed by atoms with Crippen molar-refractivity contribution >= 4 is 47.3 Å². The van der Waals surface area contributed by atoms with Crippen molar-refractivity contribution in [3.05, 3.63) is 0 Å². The Morgan fingerprint density at radius 1 is 0.597 bits per heavy atom. The van der Waals surface area contributed by atoms with Crippen LogP contribution >= 0.6 is 0 Å². The standard InChI is InChI=1S/C43H88N16O13/c1-25(55-42(72)37(67)33(64)18-26(61)10-4-5-12-44)38(68)57-30(22-50-3)40(70)59-36(28(46)11-8-16-53-43(47)48)41(71)58-31(24-60)32(63)19-27(62)20-34(65)56-29(21-49-2)39(69)54-23-35(66)52-17-9-15-51-14-7-6-13-45/h25-33,36-37,49-51,60-64,67H,4-24,44-46H2,1-3H3,(H,52,66)(H,54,69)(H,55,72)(H,56,65)(H,57,68)(H,58,71)(H,59,70)(H4,47,48,53). The van der Waals surface area contributed by atoms with E-state index < -0.39 is 128 Å². The van der Waals surface area contributed by atoms with Crippen LogP contribution in [0.5, 0.6) is 0 Å². The van der Waals surface area contributed by atoms with Crippen LogP contribution in [0.2, 0.25) is 0 Å². The second-order valence-corrected chi connectivity index (χ2v) is 17.4. The van der Waals surface area contributed by atoms with Gasteiger partial charge in [0, 0.05) is 45.1 Å². The summed E-state index contributed by atoms with van der Waals surface area (Å²) in [4.78, 5) is 95.4. The molecule has 0 fully saturated rings. The Morgan fingerprint density at radius 2 is 1.21 bits per heavy atom. The van der Waals surface area contributed by atoms with Crippen LogP contribution in [0.1, 0.15) is 77.6 Å². The lowest BCUT2D eigenvalue weighted by molar-refractivity contribution is -0.140. The first kappa shape index (κ1) is 67.1. The van der Waals surface area contributed by atoms with Gasteiger partial charge in [-0.2, -0.15) is 0 Å². The average Bonchev–Trinajstić information content (AvgIpc) is 3.32. The molecule has 0 radical (unpaired) electrons. The van der Waals surface area contributed by atoms with E-state index in [0.29, 0.717) is 45.4 Å². The fraction of sp³-hybridized carbons (Fsp3) is 0.814. The maximum Gasteiger partial charge on any atom is 0.252 e. The van der Waals surface area contributed by atoms with Crippen LogP contribution in [-0.4, -0.2) is 224 Å². The minimum atomic E-state index is -2.01. The lowest BCUT2D eigenvalue weighted by Gasteiger charge is -2.30. The van der Waals surface area contributed by atoms with E-state index in [-0.39, 0.29) is 57.8 Å². The molecule has 0 aliphatic heterocycles. The highest BCUT2D eigenvalue weighted by atomic mass is 16.3. The summed E-state index contributed by atoms with van der Waals surface area (Å²) in [6.45, 7) is 2.75. The fourth-order valence-corrected chi connectivity index (χ4v) is 6.88. The van der Waals surface area contributed by atoms with Crippen molar-refractivity contribution in [3.63, 3.8) is 0 Å². The normalized spacial score (nSPS) is 15.9. The minimum absolute atomic E-state index is 0.0363. The van der Waals surface area contributed by atoms with Gasteiger partial charge in [-0.3, -0.25) is 38.6 Å². The van der Waals surface area contributed by atoms with Crippen LogP contribution in [0, 0.1) is 0 Å². The molecule has 11 unspecified atom stereocenters. The molecule has 29 heteroatoms. The molecular formula is C43H88N16O13. The molecule has 7 amide bonds. The quantitative estimate of drug-likeness (QED) is 0.0153. The second-order valence-electron chi connectivity index (χ2n) is 17.4. The van der Waals surface area contributed by atoms with Gasteiger partial charge in [0.2, 0.25) is 35.4 Å². The van der Waals surface area contributed by atoms with Crippen molar-refractivity contribution < 1.29 is 64.2 Å². The molecule has 72 heavy (non-hydrogen) atoms. The van der Waals surface area contributed by atoms with E-state index in [4.69, 9.17) is 28.7 Å². The van der Waals surface area contributed by atoms with Crippen molar-refractivity contribution in [1.29, 1.82) is 0 Å². The smallest absolute Gasteiger partial charge is 0.252 e. The Balaban J connectivity index is 5.71. The molecule has 11 atom stereocenters. The van der Waals surface area contributed by atoms with E-state index in [2.05, 4.69) is 58.2 Å². The van der Waals surface area contributed by atoms with Gasteiger partial charge in [0.05, 0.1) is 50.0 Å². The average molecular weight is 1040 g/mol. The maximum absolute atomic E-state index is 13.8. The molecule has 0 aromatic carbocycles. The van der Waals surface area contributed by atoms with E-state index in [0.717, 1.165) is 19.4 Å². The van der Waals surface area contributed by atoms with Crippen LogP contribution in [0.15, 0.2) is 4.99 Å². The summed E-state index contributed by atoms with van der Waals surface area (Å²) in [5.41, 5.74) is 28.1. The van der Waals surface area contributed by atoms with E-state index in [1.165, 1.54) is 21.0 Å². The van der Waals surface area contributed by atoms with Gasteiger partial charge in [0.15, 0.2) is 12.1 Å². The predicted molar refractivity (Wildman–Crippen MR) is 267 cm³/mol. The number of amides is 7. The first-order valence-corrected chi connectivity index (χ1v) is 24.4. The van der Waals surface area contributed by atoms with Gasteiger partial charge in [0.25, 0.3) is 5.91 Å². The number of aliphatic hydroxyl groups is 6. The first-order chi connectivity index (χ1) is 34.1. The summed E-state index contributed by atoms with van der Waals surface area (Å²) in [5.74, 6) is -6.11. The number of guanidine groups is 1. The zero-order valence-corrected chi connectivity index (χ0v) is 42.1. The van der Waals surface area contributed by atoms with Crippen molar-refractivity contribution in [3.8, 4) is 0 Å². The van der Waals surface area contributed by atoms with Crippen LogP contribution in [0.3, 0.4) is 0 Å². The van der Waals surface area contributed by atoms with Crippen LogP contribution in [-0.2, 0) is 33.6 Å². The van der Waals surface area contributed by atoms with Gasteiger partial charge in [-0.05, 0) is 98.6 Å². The third-order valence-corrected chi connectivity index (χ3v) is 11.0. The number of carbonyl (C=O) groups is 7. The second kappa shape index (κ2) is 39.6. The van der Waals surface area contributed by atoms with Gasteiger partial charge < -0.3 is 112 Å². The fourth-order valence-electron chi connectivity index (χ4n) is 6.88. The number of aliphatic imine (C=N–C) groups is 1. The Labute approximate surface area is 421 Å². The van der Waals surface area contributed by atoms with E-state index >= 15 is 0 Å². The van der Waals surface area contributed by atoms with Crippen LogP contribution in [0.4, 0.5) is 0 Å². The van der Waals surface area contributed by atoms with Crippen molar-refractivity contribution in [2.24, 2.45) is 33.7 Å². The number of likely N-dealkylation sites (N-methyl/N-ethyl adjacent to an activating group) is 2. The molecule has 0 heterocycles. The summed E-state index contributed by atoms with van der Waals surface area (Å²) in [6, 6.07) is -8.18. The highest BCUT2D eigenvalue weighted by Gasteiger charge is 2.35. The zero-order valence-electron chi connectivity index (χ0n) is 42.1. The molecule has 26 N–H and O–H groups in total. The third-order valence-electron chi connectivity index (χ3n) is 11.0. The van der Waals surface area contributed by atoms with Crippen molar-refractivity contribution in [2.75, 3.05) is 79.6 Å². The Hall–Kier alpha value is -4.92. The largest absolute Gasteiger partial charge is 0.394 e. The highest BCUT2D eigenvalue weighted by molar-refractivity contribution is 5.95. The molecule has 0 aliphatic carbocycles. The molecule has 418 valence electrons. The first-order valence-electron chi connectivity index (χ1n) is 24.4. The van der Waals surface area contributed by atoms with Gasteiger partial charge in [-0.1, -0.05) is 0 Å². The number of carbonyl (C=O) groups excluding carboxylic acids is 7. The van der Waals surface area contributed by atoms with Crippen molar-refractivity contribution in [2.45, 2.75) is 144 Å². The highest BCUT2D eigenvalue weighted by Crippen LogP contribution is 2.11. The molecule has 29 nitrogen and oxygen atoms in total. The van der Waals surface area contributed by atoms with Gasteiger partial charge in [-0.15, -0.1) is 0 Å². The van der Waals surface area contributed by atoms with Crippen LogP contribution < -0.4 is 81.8 Å². The summed E-state index contributed by atoms with van der Waals surface area (Å²) < 4.78 is 0. The number of hydrogen-bond donors (Lipinski definition) is 21. The third kappa shape index (κ3) is 30.2. The maximum atomic E-state index is 13.8. The Morgan fingerprint density at radius 3 is 1.82 bits per heavy atom. The molecule has 0 saturated carbocycles. The molecule has 0 aromatic heterocycles. The zero-order chi connectivity index (χ0) is 54.6. The van der Waals surface area contributed by atoms with Crippen LogP contribution in [0.25, 0.3) is 0 Å². The molecule has 0 aromatic rings. The number of nitrogens with zero attached hydrogens (tertiary/aromatic N) is 1. The lowest BCUT2D eigenvalue weighted by atomic mass is 9.99. The van der Waals surface area contributed by atoms with Gasteiger partial charge in [-0.25, -0.2) is 0 Å². The Bertz CT molecular complexity index is 1620. The number of unbranched alkanes of at least 4 members (excludes halogenated alkanes) is 2. The Kier molecular flexibility index (Phi) is 36.9. The van der Waals surface area contributed by atoms with E-state index in [9.17, 15) is 64.2 Å². The lowest BCUT2D eigenvalue weighted by Crippen LogP contribution is -2.63. The number of aliphatic hydroxyl groups excluding tert-OH is 6. The molecule has 0 spiro atoms. The van der Waals surface area contributed by atoms with Gasteiger partial charge >= 0.3 is 0 Å². The van der Waals surface area contributed by atoms with E-state index in [1.54, 1.807) is 0 Å². The number of rotatable bonds is 42. The van der Waals surface area contributed by atoms with E-state index in [1.807, 2.05) is 0 Å². The molecule has 0 aliphatic rings. The number of hydrogen-bond acceptors (Lipinski definition) is 20. The summed E-state index contributed by atoms with van der Waals surface area (Å²) in [6.07, 6.45) is -5.18.